The quantitative estimate of drug-likeness (QED) is 0.629. The predicted octanol–water partition coefficient (Wildman–Crippen LogP) is 1.93. The molecule has 4 heterocycles. The van der Waals surface area contributed by atoms with Gasteiger partial charge >= 0.3 is 6.98 Å². The van der Waals surface area contributed by atoms with Gasteiger partial charge in [0.1, 0.15) is 0 Å². The number of para-hydroxylation sites is 2. The second-order valence-electron chi connectivity index (χ2n) is 6.96. The summed E-state index contributed by atoms with van der Waals surface area (Å²) in [5.74, 6) is 2.13. The van der Waals surface area contributed by atoms with Crippen LogP contribution in [-0.2, 0) is 0 Å². The minimum atomic E-state index is -2.23. The van der Waals surface area contributed by atoms with Crippen molar-refractivity contribution < 1.29 is 8.53 Å². The van der Waals surface area contributed by atoms with Crippen LogP contribution in [0.4, 0.5) is 11.4 Å². The van der Waals surface area contributed by atoms with Crippen LogP contribution in [0, 0.1) is 6.92 Å². The molecule has 6 heteroatoms. The molecule has 0 fully saturated rings. The van der Waals surface area contributed by atoms with E-state index in [2.05, 4.69) is 15.8 Å². The van der Waals surface area contributed by atoms with Crippen molar-refractivity contribution in [3.05, 3.63) is 52.7 Å². The van der Waals surface area contributed by atoms with Crippen molar-refractivity contribution in [3.8, 4) is 0 Å². The molecule has 0 aliphatic carbocycles. The second kappa shape index (κ2) is 5.30. The Balaban J connectivity index is 1.69. The van der Waals surface area contributed by atoms with Crippen LogP contribution in [-0.4, -0.2) is 37.0 Å². The highest BCUT2D eigenvalue weighted by Gasteiger charge is 2.39. The Bertz CT molecular complexity index is 1240. The summed E-state index contributed by atoms with van der Waals surface area (Å²) in [6.45, 7) is 1.49. The number of rotatable bonds is 1. The molecule has 2 aliphatic heterocycles. The molecule has 5 nitrogen and oxygen atoms in total. The molecule has 0 saturated heterocycles. The lowest BCUT2D eigenvalue weighted by Gasteiger charge is -2.36. The first kappa shape index (κ1) is 12.5. The molecule has 0 spiro atoms. The van der Waals surface area contributed by atoms with Crippen molar-refractivity contribution in [3.63, 3.8) is 0 Å². The Morgan fingerprint density at radius 2 is 2.00 bits per heavy atom. The molecule has 0 amide bonds. The van der Waals surface area contributed by atoms with Crippen LogP contribution in [0.5, 0.6) is 0 Å². The highest BCUT2D eigenvalue weighted by atomic mass is 16.3. The summed E-state index contributed by atoms with van der Waals surface area (Å²) in [6.07, 6.45) is 1.63. The number of hydrogen-bond donors (Lipinski definition) is 0. The Hall–Kier alpha value is -2.89. The molecule has 0 N–H and O–H groups in total. The third kappa shape index (κ3) is 2.01. The maximum atomic E-state index is 8.04. The topological polar surface area (TPSA) is 35.8 Å². The van der Waals surface area contributed by atoms with E-state index in [1.807, 2.05) is 68.3 Å². The zero-order chi connectivity index (χ0) is 20.5. The van der Waals surface area contributed by atoms with Gasteiger partial charge in [0.2, 0.25) is 5.71 Å². The van der Waals surface area contributed by atoms with Crippen LogP contribution in [0.2, 0.25) is 0 Å². The number of hydrogen-bond acceptors (Lipinski definition) is 5. The lowest BCUT2D eigenvalue weighted by Crippen LogP contribution is -2.56. The zero-order valence-electron chi connectivity index (χ0n) is 18.0. The average Bonchev–Trinajstić information content (AvgIpc) is 3.13. The molecule has 0 saturated carbocycles. The van der Waals surface area contributed by atoms with Crippen molar-refractivity contribution in [2.75, 3.05) is 23.7 Å². The number of pyridine rings is 1. The van der Waals surface area contributed by atoms with Crippen molar-refractivity contribution in [2.45, 2.75) is 20.0 Å². The van der Waals surface area contributed by atoms with Crippen LogP contribution >= 0.6 is 0 Å². The van der Waals surface area contributed by atoms with E-state index in [-0.39, 0.29) is 13.1 Å². The lowest BCUT2D eigenvalue weighted by molar-refractivity contribution is 0.550. The first-order valence-electron chi connectivity index (χ1n) is 10.2. The number of anilines is 2. The molecular formula is C20H21BN4O. The number of nitrogens with zero attached hydrogens (tertiary/aromatic N) is 4. The fourth-order valence-electron chi connectivity index (χ4n) is 3.96. The van der Waals surface area contributed by atoms with Crippen LogP contribution in [0.25, 0.3) is 23.3 Å². The van der Waals surface area contributed by atoms with E-state index in [1.165, 1.54) is 4.90 Å². The molecule has 26 heavy (non-hydrogen) atoms. The molecule has 5 rings (SSSR count). The molecule has 0 unspecified atom stereocenters. The standard InChI is InChI=1S/C20H21BN4O/c1-13-9-10-15-16-11-21(23(3)12-19(16)26-20(15)22-13)25-14(2)24(4)17-7-5-6-8-18(17)25/h5-12,14H,1-4H3/t14-/m0/s1/i4D3. The Morgan fingerprint density at radius 1 is 1.19 bits per heavy atom. The van der Waals surface area contributed by atoms with Gasteiger partial charge in [0, 0.05) is 33.6 Å². The van der Waals surface area contributed by atoms with Gasteiger partial charge in [0.15, 0.2) is 5.42 Å². The molecule has 1 aromatic carbocycles. The van der Waals surface area contributed by atoms with E-state index >= 15 is 0 Å². The SMILES string of the molecule is [2H]C([2H])([2H])N1c2ccccc2N(B2C=c3c(oc4nc(C)ccc34)=CN2C)[C@H]1C. The van der Waals surface area contributed by atoms with Crippen LogP contribution in [0.1, 0.15) is 16.7 Å². The normalized spacial score (nSPS) is 20.9. The van der Waals surface area contributed by atoms with Crippen molar-refractivity contribution in [2.24, 2.45) is 0 Å². The van der Waals surface area contributed by atoms with Gasteiger partial charge in [-0.25, -0.2) is 4.98 Å². The van der Waals surface area contributed by atoms with Crippen molar-refractivity contribution in [1.29, 1.82) is 0 Å². The van der Waals surface area contributed by atoms with E-state index in [0.29, 0.717) is 5.71 Å². The fourth-order valence-corrected chi connectivity index (χ4v) is 3.96. The van der Waals surface area contributed by atoms with Crippen molar-refractivity contribution in [1.82, 2.24) is 9.79 Å². The maximum Gasteiger partial charge on any atom is 0.405 e. The lowest BCUT2D eigenvalue weighted by atomic mass is 9.69. The highest BCUT2D eigenvalue weighted by molar-refractivity contribution is 6.75. The third-order valence-corrected chi connectivity index (χ3v) is 5.30. The van der Waals surface area contributed by atoms with E-state index in [9.17, 15) is 0 Å². The molecule has 130 valence electrons. The maximum absolute atomic E-state index is 8.04. The predicted molar refractivity (Wildman–Crippen MR) is 107 cm³/mol. The number of aromatic nitrogens is 1. The van der Waals surface area contributed by atoms with Crippen LogP contribution in [0.15, 0.2) is 40.8 Å². The summed E-state index contributed by atoms with van der Waals surface area (Å²) in [5.41, 5.74) is 3.92. The van der Waals surface area contributed by atoms with Gasteiger partial charge in [-0.15, -0.1) is 0 Å². The summed E-state index contributed by atoms with van der Waals surface area (Å²) in [4.78, 5) is 10.2. The third-order valence-electron chi connectivity index (χ3n) is 5.30. The van der Waals surface area contributed by atoms with Gasteiger partial charge in [0.25, 0.3) is 0 Å². The minimum absolute atomic E-state index is 0.159. The summed E-state index contributed by atoms with van der Waals surface area (Å²) in [5, 5.41) is 1.96. The molecule has 2 aliphatic rings. The van der Waals surface area contributed by atoms with Crippen LogP contribution < -0.4 is 20.3 Å². The Kier molecular flexibility index (Phi) is 2.54. The van der Waals surface area contributed by atoms with Gasteiger partial charge in [-0.05, 0) is 45.2 Å². The highest BCUT2D eigenvalue weighted by Crippen LogP contribution is 2.39. The largest absolute Gasteiger partial charge is 0.436 e. The number of aryl methyl sites for hydroxylation is 1. The van der Waals surface area contributed by atoms with Crippen LogP contribution in [0.3, 0.4) is 0 Å². The van der Waals surface area contributed by atoms with Gasteiger partial charge in [-0.1, -0.05) is 18.1 Å². The Morgan fingerprint density at radius 3 is 2.81 bits per heavy atom. The molecule has 0 bridgehead atoms. The van der Waals surface area contributed by atoms with E-state index in [4.69, 9.17) is 8.53 Å². The van der Waals surface area contributed by atoms with Crippen molar-refractivity contribution >= 4 is 41.6 Å². The molecule has 0 radical (unpaired) electrons. The molecule has 1 atom stereocenters. The summed E-state index contributed by atoms with van der Waals surface area (Å²) in [6, 6.07) is 11.7. The summed E-state index contributed by atoms with van der Waals surface area (Å²) in [7, 11) is 1.98. The summed E-state index contributed by atoms with van der Waals surface area (Å²) >= 11 is 0. The minimum Gasteiger partial charge on any atom is -0.436 e. The first-order valence-corrected chi connectivity index (χ1v) is 8.74. The first-order chi connectivity index (χ1) is 13.8. The molecule has 2 aromatic heterocycles. The summed E-state index contributed by atoms with van der Waals surface area (Å²) < 4.78 is 30.1. The average molecular weight is 347 g/mol. The van der Waals surface area contributed by atoms with Gasteiger partial charge < -0.3 is 18.9 Å². The fraction of sp³-hybridized carbons (Fsp3) is 0.250. The number of benzene rings is 1. The number of furan rings is 1. The van der Waals surface area contributed by atoms with E-state index in [0.717, 1.165) is 33.1 Å². The smallest absolute Gasteiger partial charge is 0.405 e. The van der Waals surface area contributed by atoms with E-state index < -0.39 is 6.98 Å². The van der Waals surface area contributed by atoms with E-state index in [1.54, 1.807) is 0 Å². The zero-order valence-corrected chi connectivity index (χ0v) is 15.0. The Labute approximate surface area is 157 Å². The van der Waals surface area contributed by atoms with Gasteiger partial charge in [-0.2, -0.15) is 0 Å². The second-order valence-corrected chi connectivity index (χ2v) is 6.96. The monoisotopic (exact) mass is 347 g/mol. The van der Waals surface area contributed by atoms with Gasteiger partial charge in [-0.3, -0.25) is 0 Å². The molecular weight excluding hydrogens is 323 g/mol. The van der Waals surface area contributed by atoms with Gasteiger partial charge in [0.05, 0.1) is 17.5 Å². The molecule has 3 aromatic rings. The number of fused-ring (bicyclic) bond motifs is 4.